The van der Waals surface area contributed by atoms with Gasteiger partial charge < -0.3 is 4.74 Å². The van der Waals surface area contributed by atoms with Crippen molar-refractivity contribution in [2.24, 2.45) is 23.2 Å². The molecule has 0 amide bonds. The molecule has 100 valence electrons. The van der Waals surface area contributed by atoms with Crippen molar-refractivity contribution in [3.8, 4) is 0 Å². The van der Waals surface area contributed by atoms with Crippen LogP contribution in [-0.2, 0) is 9.53 Å². The summed E-state index contributed by atoms with van der Waals surface area (Å²) in [5.74, 6) is 2.47. The molecule has 2 fully saturated rings. The van der Waals surface area contributed by atoms with Gasteiger partial charge in [0, 0.05) is 0 Å². The fraction of sp³-hybridized carbons (Fsp3) is 0.933. The standard InChI is InChI=1S/C13H22O2.C2H6/c1-4-15-12(14)13(3)7-10-5-9(2)6-11(10)8-13;1-2/h9-11H,4-8H2,1-3H3;1-2H3. The third-order valence-corrected chi connectivity index (χ3v) is 4.27. The molecule has 0 spiro atoms. The van der Waals surface area contributed by atoms with E-state index in [0.717, 1.165) is 30.6 Å². The molecule has 0 saturated heterocycles. The Labute approximate surface area is 106 Å². The molecule has 0 aromatic heterocycles. The van der Waals surface area contributed by atoms with Gasteiger partial charge in [0.1, 0.15) is 0 Å². The van der Waals surface area contributed by atoms with Gasteiger partial charge in [0.2, 0.25) is 0 Å². The molecule has 2 aliphatic rings. The molecule has 17 heavy (non-hydrogen) atoms. The molecular weight excluding hydrogens is 212 g/mol. The average molecular weight is 240 g/mol. The second-order valence-electron chi connectivity index (χ2n) is 5.79. The number of hydrogen-bond acceptors (Lipinski definition) is 2. The summed E-state index contributed by atoms with van der Waals surface area (Å²) in [6, 6.07) is 0. The zero-order valence-corrected chi connectivity index (χ0v) is 12.1. The first-order chi connectivity index (χ1) is 8.05. The van der Waals surface area contributed by atoms with E-state index in [-0.39, 0.29) is 11.4 Å². The van der Waals surface area contributed by atoms with E-state index < -0.39 is 0 Å². The minimum absolute atomic E-state index is 0.0343. The highest BCUT2D eigenvalue weighted by molar-refractivity contribution is 5.76. The van der Waals surface area contributed by atoms with Crippen LogP contribution in [0.15, 0.2) is 0 Å². The van der Waals surface area contributed by atoms with Crippen LogP contribution < -0.4 is 0 Å². The van der Waals surface area contributed by atoms with E-state index in [4.69, 9.17) is 4.74 Å². The largest absolute Gasteiger partial charge is 0.466 e. The van der Waals surface area contributed by atoms with E-state index in [2.05, 4.69) is 13.8 Å². The Balaban J connectivity index is 0.000000686. The zero-order chi connectivity index (χ0) is 13.1. The van der Waals surface area contributed by atoms with Crippen LogP contribution in [-0.4, -0.2) is 12.6 Å². The van der Waals surface area contributed by atoms with Gasteiger partial charge in [-0.3, -0.25) is 4.79 Å². The Morgan fingerprint density at radius 2 is 1.71 bits per heavy atom. The van der Waals surface area contributed by atoms with Gasteiger partial charge in [-0.2, -0.15) is 0 Å². The minimum atomic E-state index is -0.175. The van der Waals surface area contributed by atoms with Gasteiger partial charge in [0.05, 0.1) is 12.0 Å². The van der Waals surface area contributed by atoms with E-state index in [9.17, 15) is 4.79 Å². The van der Waals surface area contributed by atoms with Crippen LogP contribution in [0.4, 0.5) is 0 Å². The van der Waals surface area contributed by atoms with Crippen molar-refractivity contribution >= 4 is 5.97 Å². The summed E-state index contributed by atoms with van der Waals surface area (Å²) in [7, 11) is 0. The number of rotatable bonds is 2. The molecule has 0 aromatic carbocycles. The van der Waals surface area contributed by atoms with Crippen LogP contribution in [0.2, 0.25) is 0 Å². The van der Waals surface area contributed by atoms with E-state index in [1.54, 1.807) is 0 Å². The van der Waals surface area contributed by atoms with Gasteiger partial charge in [-0.1, -0.05) is 20.8 Å². The lowest BCUT2D eigenvalue weighted by Gasteiger charge is -2.22. The van der Waals surface area contributed by atoms with Crippen molar-refractivity contribution in [3.05, 3.63) is 0 Å². The van der Waals surface area contributed by atoms with Crippen LogP contribution in [0.1, 0.15) is 60.3 Å². The summed E-state index contributed by atoms with van der Waals surface area (Å²) < 4.78 is 5.18. The highest BCUT2D eigenvalue weighted by Gasteiger charge is 2.50. The Morgan fingerprint density at radius 3 is 2.12 bits per heavy atom. The molecule has 0 aliphatic heterocycles. The Bertz CT molecular complexity index is 246. The molecular formula is C15H28O2. The van der Waals surface area contributed by atoms with Crippen LogP contribution in [0, 0.1) is 23.2 Å². The second-order valence-corrected chi connectivity index (χ2v) is 5.79. The smallest absolute Gasteiger partial charge is 0.311 e. The lowest BCUT2D eigenvalue weighted by Crippen LogP contribution is -2.28. The lowest BCUT2D eigenvalue weighted by atomic mass is 9.85. The SMILES string of the molecule is CC.CCOC(=O)C1(C)CC2CC(C)CC2C1. The van der Waals surface area contributed by atoms with Gasteiger partial charge in [0.25, 0.3) is 0 Å². The van der Waals surface area contributed by atoms with Crippen LogP contribution in [0.3, 0.4) is 0 Å². The summed E-state index contributed by atoms with van der Waals surface area (Å²) in [6.45, 7) is 10.8. The van der Waals surface area contributed by atoms with Gasteiger partial charge in [0.15, 0.2) is 0 Å². The maximum absolute atomic E-state index is 11.9. The molecule has 2 rings (SSSR count). The molecule has 0 bridgehead atoms. The maximum atomic E-state index is 11.9. The summed E-state index contributed by atoms with van der Waals surface area (Å²) in [4.78, 5) is 11.9. The first kappa shape index (κ1) is 14.5. The van der Waals surface area contributed by atoms with Crippen LogP contribution >= 0.6 is 0 Å². The monoisotopic (exact) mass is 240 g/mol. The van der Waals surface area contributed by atoms with Crippen molar-refractivity contribution in [1.29, 1.82) is 0 Å². The molecule has 2 aliphatic carbocycles. The zero-order valence-electron chi connectivity index (χ0n) is 12.1. The Hall–Kier alpha value is -0.530. The van der Waals surface area contributed by atoms with Crippen molar-refractivity contribution in [2.45, 2.75) is 60.3 Å². The third kappa shape index (κ3) is 3.02. The number of fused-ring (bicyclic) bond motifs is 1. The van der Waals surface area contributed by atoms with Crippen molar-refractivity contribution in [3.63, 3.8) is 0 Å². The predicted octanol–water partition coefficient (Wildman–Crippen LogP) is 4.04. The van der Waals surface area contributed by atoms with E-state index in [1.807, 2.05) is 20.8 Å². The molecule has 2 saturated carbocycles. The predicted molar refractivity (Wildman–Crippen MR) is 70.7 cm³/mol. The van der Waals surface area contributed by atoms with Gasteiger partial charge in [-0.05, 0) is 57.3 Å². The number of carbonyl (C=O) groups excluding carboxylic acids is 1. The number of hydrogen-bond donors (Lipinski definition) is 0. The first-order valence-electron chi connectivity index (χ1n) is 7.22. The second kappa shape index (κ2) is 5.88. The van der Waals surface area contributed by atoms with Crippen LogP contribution in [0.5, 0.6) is 0 Å². The summed E-state index contributed by atoms with van der Waals surface area (Å²) in [5.41, 5.74) is -0.175. The minimum Gasteiger partial charge on any atom is -0.466 e. The number of carbonyl (C=O) groups is 1. The molecule has 0 radical (unpaired) electrons. The maximum Gasteiger partial charge on any atom is 0.311 e. The summed E-state index contributed by atoms with van der Waals surface area (Å²) in [6.07, 6.45) is 4.75. The average Bonchev–Trinajstić information content (AvgIpc) is 2.75. The quantitative estimate of drug-likeness (QED) is 0.681. The fourth-order valence-corrected chi connectivity index (χ4v) is 3.73. The van der Waals surface area contributed by atoms with Gasteiger partial charge in [-0.25, -0.2) is 0 Å². The molecule has 2 heteroatoms. The highest BCUT2D eigenvalue weighted by Crippen LogP contribution is 2.54. The molecule has 2 nitrogen and oxygen atoms in total. The summed E-state index contributed by atoms with van der Waals surface area (Å²) in [5, 5.41) is 0. The normalized spacial score (nSPS) is 39.2. The highest BCUT2D eigenvalue weighted by atomic mass is 16.5. The number of ether oxygens (including phenoxy) is 1. The summed E-state index contributed by atoms with van der Waals surface area (Å²) >= 11 is 0. The molecule has 2 unspecified atom stereocenters. The molecule has 0 aromatic rings. The van der Waals surface area contributed by atoms with E-state index >= 15 is 0 Å². The van der Waals surface area contributed by atoms with Crippen molar-refractivity contribution in [2.75, 3.05) is 6.61 Å². The van der Waals surface area contributed by atoms with Crippen molar-refractivity contribution in [1.82, 2.24) is 0 Å². The van der Waals surface area contributed by atoms with Gasteiger partial charge in [-0.15, -0.1) is 0 Å². The lowest BCUT2D eigenvalue weighted by molar-refractivity contribution is -0.154. The first-order valence-corrected chi connectivity index (χ1v) is 7.22. The molecule has 0 heterocycles. The fourth-order valence-electron chi connectivity index (χ4n) is 3.73. The number of esters is 1. The van der Waals surface area contributed by atoms with Crippen molar-refractivity contribution < 1.29 is 9.53 Å². The van der Waals surface area contributed by atoms with Crippen LogP contribution in [0.25, 0.3) is 0 Å². The molecule has 2 atom stereocenters. The Kier molecular flexibility index (Phi) is 5.03. The van der Waals surface area contributed by atoms with E-state index in [1.165, 1.54) is 12.8 Å². The van der Waals surface area contributed by atoms with E-state index in [0.29, 0.717) is 6.61 Å². The van der Waals surface area contributed by atoms with Gasteiger partial charge >= 0.3 is 5.97 Å². The Morgan fingerprint density at radius 1 is 1.24 bits per heavy atom. The topological polar surface area (TPSA) is 26.3 Å². The third-order valence-electron chi connectivity index (χ3n) is 4.27. The molecule has 0 N–H and O–H groups in total.